The number of carbonyl (C=O) groups is 1. The molecule has 0 aliphatic carbocycles. The van der Waals surface area contributed by atoms with E-state index in [1.165, 1.54) is 5.56 Å². The van der Waals surface area contributed by atoms with Gasteiger partial charge in [0.2, 0.25) is 5.91 Å². The van der Waals surface area contributed by atoms with Crippen LogP contribution in [0.3, 0.4) is 0 Å². The number of amides is 1. The van der Waals surface area contributed by atoms with Gasteiger partial charge in [-0.1, -0.05) is 41.4 Å². The van der Waals surface area contributed by atoms with Crippen molar-refractivity contribution in [3.05, 3.63) is 63.1 Å². The first-order chi connectivity index (χ1) is 12.5. The van der Waals surface area contributed by atoms with E-state index in [-0.39, 0.29) is 11.8 Å². The third-order valence-corrected chi connectivity index (χ3v) is 5.89. The minimum Gasteiger partial charge on any atom is -0.326 e. The average molecular weight is 391 g/mol. The molecule has 0 bridgehead atoms. The molecule has 0 aromatic heterocycles. The van der Waals surface area contributed by atoms with Gasteiger partial charge in [0, 0.05) is 34.4 Å². The zero-order chi connectivity index (χ0) is 18.7. The summed E-state index contributed by atoms with van der Waals surface area (Å²) in [6, 6.07) is 11.6. The standard InChI is InChI=1S/C21H24Cl2N2O/c1-14-6-3-10-20(15(14)2)24-21(26)16-7-5-11-25(12-16)13-17-18(22)8-4-9-19(17)23/h3-4,6,8-10,16H,5,7,11-13H2,1-2H3,(H,24,26). The summed E-state index contributed by atoms with van der Waals surface area (Å²) in [4.78, 5) is 15.0. The summed E-state index contributed by atoms with van der Waals surface area (Å²) in [5, 5.41) is 4.47. The molecule has 0 saturated carbocycles. The maximum Gasteiger partial charge on any atom is 0.228 e. The highest BCUT2D eigenvalue weighted by atomic mass is 35.5. The summed E-state index contributed by atoms with van der Waals surface area (Å²) in [6.07, 6.45) is 1.90. The molecule has 0 radical (unpaired) electrons. The van der Waals surface area contributed by atoms with Crippen LogP contribution in [0.15, 0.2) is 36.4 Å². The number of aryl methyl sites for hydroxylation is 1. The number of likely N-dealkylation sites (tertiary alicyclic amines) is 1. The van der Waals surface area contributed by atoms with Gasteiger partial charge in [-0.3, -0.25) is 9.69 Å². The fourth-order valence-corrected chi connectivity index (χ4v) is 3.96. The largest absolute Gasteiger partial charge is 0.326 e. The lowest BCUT2D eigenvalue weighted by molar-refractivity contribution is -0.121. The van der Waals surface area contributed by atoms with Gasteiger partial charge in [0.1, 0.15) is 0 Å². The molecule has 3 nitrogen and oxygen atoms in total. The fourth-order valence-electron chi connectivity index (χ4n) is 3.44. The molecule has 1 aliphatic heterocycles. The zero-order valence-corrected chi connectivity index (χ0v) is 16.7. The Bertz CT molecular complexity index is 786. The molecule has 1 N–H and O–H groups in total. The van der Waals surface area contributed by atoms with Crippen molar-refractivity contribution < 1.29 is 4.79 Å². The number of hydrogen-bond donors (Lipinski definition) is 1. The Kier molecular flexibility index (Phi) is 6.23. The number of nitrogens with one attached hydrogen (secondary N) is 1. The van der Waals surface area contributed by atoms with E-state index < -0.39 is 0 Å². The topological polar surface area (TPSA) is 32.3 Å². The smallest absolute Gasteiger partial charge is 0.228 e. The van der Waals surface area contributed by atoms with Crippen LogP contribution < -0.4 is 5.32 Å². The number of hydrogen-bond acceptors (Lipinski definition) is 2. The summed E-state index contributed by atoms with van der Waals surface area (Å²) in [5.41, 5.74) is 4.14. The Balaban J connectivity index is 1.66. The predicted molar refractivity (Wildman–Crippen MR) is 109 cm³/mol. The monoisotopic (exact) mass is 390 g/mol. The van der Waals surface area contributed by atoms with Gasteiger partial charge in [-0.2, -0.15) is 0 Å². The third-order valence-electron chi connectivity index (χ3n) is 5.18. The highest BCUT2D eigenvalue weighted by Gasteiger charge is 2.27. The van der Waals surface area contributed by atoms with Crippen LogP contribution in [0, 0.1) is 19.8 Å². The molecule has 1 fully saturated rings. The first-order valence-corrected chi connectivity index (χ1v) is 9.73. The van der Waals surface area contributed by atoms with Crippen LogP contribution in [-0.2, 0) is 11.3 Å². The Labute approximate surface area is 165 Å². The lowest BCUT2D eigenvalue weighted by atomic mass is 9.96. The van der Waals surface area contributed by atoms with Gasteiger partial charge in [-0.25, -0.2) is 0 Å². The van der Waals surface area contributed by atoms with Crippen LogP contribution in [0.4, 0.5) is 5.69 Å². The molecule has 2 aromatic carbocycles. The highest BCUT2D eigenvalue weighted by molar-refractivity contribution is 6.35. The molecule has 5 heteroatoms. The Morgan fingerprint density at radius 3 is 2.58 bits per heavy atom. The number of benzene rings is 2. The normalized spacial score (nSPS) is 17.9. The predicted octanol–water partition coefficient (Wildman–Crippen LogP) is 5.46. The van der Waals surface area contributed by atoms with Crippen LogP contribution in [0.2, 0.25) is 10.0 Å². The van der Waals surface area contributed by atoms with Gasteiger partial charge in [-0.05, 0) is 62.6 Å². The minimum absolute atomic E-state index is 0.0232. The molecule has 3 rings (SSSR count). The average Bonchev–Trinajstić information content (AvgIpc) is 2.62. The highest BCUT2D eigenvalue weighted by Crippen LogP contribution is 2.28. The summed E-state index contributed by atoms with van der Waals surface area (Å²) in [5.74, 6) is 0.0681. The van der Waals surface area contributed by atoms with Gasteiger partial charge in [0.15, 0.2) is 0 Å². The second-order valence-electron chi connectivity index (χ2n) is 7.01. The number of anilines is 1. The molecule has 1 unspecified atom stereocenters. The maximum atomic E-state index is 12.8. The lowest BCUT2D eigenvalue weighted by Crippen LogP contribution is -2.40. The van der Waals surface area contributed by atoms with Crippen LogP contribution in [-0.4, -0.2) is 23.9 Å². The van der Waals surface area contributed by atoms with Crippen molar-refractivity contribution in [3.8, 4) is 0 Å². The molecule has 1 aliphatic rings. The van der Waals surface area contributed by atoms with E-state index in [0.29, 0.717) is 16.6 Å². The SMILES string of the molecule is Cc1cccc(NC(=O)C2CCCN(Cc3c(Cl)cccc3Cl)C2)c1C. The Morgan fingerprint density at radius 2 is 1.85 bits per heavy atom. The van der Waals surface area contributed by atoms with Crippen LogP contribution in [0.5, 0.6) is 0 Å². The van der Waals surface area contributed by atoms with Crippen molar-refractivity contribution in [2.45, 2.75) is 33.2 Å². The molecule has 138 valence electrons. The second kappa shape index (κ2) is 8.43. The lowest BCUT2D eigenvalue weighted by Gasteiger charge is -2.32. The van der Waals surface area contributed by atoms with Gasteiger partial charge in [-0.15, -0.1) is 0 Å². The van der Waals surface area contributed by atoms with Crippen molar-refractivity contribution in [1.82, 2.24) is 4.90 Å². The van der Waals surface area contributed by atoms with E-state index in [1.54, 1.807) is 0 Å². The van der Waals surface area contributed by atoms with E-state index in [0.717, 1.165) is 42.7 Å². The summed E-state index contributed by atoms with van der Waals surface area (Å²) in [6.45, 7) is 6.44. The molecule has 26 heavy (non-hydrogen) atoms. The number of carbonyl (C=O) groups excluding carboxylic acids is 1. The van der Waals surface area contributed by atoms with E-state index in [9.17, 15) is 4.79 Å². The molecule has 0 spiro atoms. The van der Waals surface area contributed by atoms with E-state index in [2.05, 4.69) is 23.2 Å². The van der Waals surface area contributed by atoms with E-state index in [1.807, 2.05) is 37.3 Å². The van der Waals surface area contributed by atoms with E-state index >= 15 is 0 Å². The molecule has 1 saturated heterocycles. The third kappa shape index (κ3) is 4.40. The molecule has 1 atom stereocenters. The molecule has 1 heterocycles. The van der Waals surface area contributed by atoms with Gasteiger partial charge in [0.25, 0.3) is 0 Å². The van der Waals surface area contributed by atoms with Crippen LogP contribution >= 0.6 is 23.2 Å². The zero-order valence-electron chi connectivity index (χ0n) is 15.2. The maximum absolute atomic E-state index is 12.8. The Morgan fingerprint density at radius 1 is 1.15 bits per heavy atom. The van der Waals surface area contributed by atoms with Gasteiger partial charge in [0.05, 0.1) is 5.92 Å². The molecular formula is C21H24Cl2N2O. The number of halogens is 2. The first-order valence-electron chi connectivity index (χ1n) is 8.98. The summed E-state index contributed by atoms with van der Waals surface area (Å²) in [7, 11) is 0. The Hall–Kier alpha value is -1.55. The summed E-state index contributed by atoms with van der Waals surface area (Å²) < 4.78 is 0. The first kappa shape index (κ1) is 19.2. The number of rotatable bonds is 4. The van der Waals surface area contributed by atoms with Crippen molar-refractivity contribution in [2.24, 2.45) is 5.92 Å². The minimum atomic E-state index is -0.0232. The van der Waals surface area contributed by atoms with Crippen molar-refractivity contribution in [2.75, 3.05) is 18.4 Å². The second-order valence-corrected chi connectivity index (χ2v) is 7.83. The van der Waals surface area contributed by atoms with Crippen LogP contribution in [0.25, 0.3) is 0 Å². The quantitative estimate of drug-likeness (QED) is 0.751. The van der Waals surface area contributed by atoms with Crippen molar-refractivity contribution >= 4 is 34.8 Å². The van der Waals surface area contributed by atoms with E-state index in [4.69, 9.17) is 23.2 Å². The van der Waals surface area contributed by atoms with Gasteiger partial charge >= 0.3 is 0 Å². The number of piperidine rings is 1. The fraction of sp³-hybridized carbons (Fsp3) is 0.381. The summed E-state index contributed by atoms with van der Waals surface area (Å²) >= 11 is 12.6. The van der Waals surface area contributed by atoms with Crippen LogP contribution in [0.1, 0.15) is 29.5 Å². The molecule has 2 aromatic rings. The molecular weight excluding hydrogens is 367 g/mol. The number of nitrogens with zero attached hydrogens (tertiary/aromatic N) is 1. The van der Waals surface area contributed by atoms with Crippen molar-refractivity contribution in [3.63, 3.8) is 0 Å². The van der Waals surface area contributed by atoms with Gasteiger partial charge < -0.3 is 5.32 Å². The molecule has 1 amide bonds. The van der Waals surface area contributed by atoms with Crippen molar-refractivity contribution in [1.29, 1.82) is 0 Å².